The summed E-state index contributed by atoms with van der Waals surface area (Å²) in [5, 5.41) is 0. The summed E-state index contributed by atoms with van der Waals surface area (Å²) in [5.74, 6) is 0.268. The van der Waals surface area contributed by atoms with Crippen molar-refractivity contribution in [2.45, 2.75) is 38.8 Å². The van der Waals surface area contributed by atoms with Crippen LogP contribution < -0.4 is 0 Å². The van der Waals surface area contributed by atoms with Crippen LogP contribution in [0.4, 0.5) is 4.39 Å². The molecule has 0 aliphatic carbocycles. The van der Waals surface area contributed by atoms with Crippen LogP contribution in [0, 0.1) is 18.7 Å². The van der Waals surface area contributed by atoms with Gasteiger partial charge in [0.05, 0.1) is 6.04 Å². The smallest absolute Gasteiger partial charge is 0.275 e. The zero-order valence-corrected chi connectivity index (χ0v) is 15.2. The maximum absolute atomic E-state index is 13.6. The highest BCUT2D eigenvalue weighted by molar-refractivity contribution is 5.92. The number of aryl methyl sites for hydroxylation is 1. The fourth-order valence-electron chi connectivity index (χ4n) is 4.16. The van der Waals surface area contributed by atoms with Gasteiger partial charge in [-0.15, -0.1) is 0 Å². The summed E-state index contributed by atoms with van der Waals surface area (Å²) in [6.45, 7) is 3.13. The largest absolute Gasteiger partial charge is 0.448 e. The molecule has 4 rings (SSSR count). The number of carbonyl (C=O) groups excluding carboxylic acids is 2. The Morgan fingerprint density at radius 3 is 2.96 bits per heavy atom. The van der Waals surface area contributed by atoms with Crippen LogP contribution in [0.1, 0.15) is 41.2 Å². The molecule has 0 bridgehead atoms. The van der Waals surface area contributed by atoms with Gasteiger partial charge in [0.1, 0.15) is 12.1 Å². The van der Waals surface area contributed by atoms with E-state index in [1.54, 1.807) is 17.9 Å². The molecule has 2 aliphatic heterocycles. The third kappa shape index (κ3) is 3.59. The second kappa shape index (κ2) is 7.13. The predicted molar refractivity (Wildman–Crippen MR) is 95.2 cm³/mol. The third-order valence-corrected chi connectivity index (χ3v) is 5.46. The Morgan fingerprint density at radius 1 is 1.37 bits per heavy atom. The lowest BCUT2D eigenvalue weighted by atomic mass is 9.98. The van der Waals surface area contributed by atoms with Gasteiger partial charge in [-0.3, -0.25) is 9.59 Å². The lowest BCUT2D eigenvalue weighted by Crippen LogP contribution is -2.43. The third-order valence-electron chi connectivity index (χ3n) is 5.46. The minimum atomic E-state index is -0.309. The molecule has 2 amide bonds. The summed E-state index contributed by atoms with van der Waals surface area (Å²) in [7, 11) is 0. The molecular weight excluding hydrogens is 349 g/mol. The SMILES string of the molecule is Cc1nc(C(=O)N2CC3CCCC(=O)N(Cc4cccc(F)c4)C3C2)co1. The van der Waals surface area contributed by atoms with E-state index in [0.29, 0.717) is 37.6 Å². The number of hydrogen-bond donors (Lipinski definition) is 0. The maximum atomic E-state index is 13.6. The first-order valence-corrected chi connectivity index (χ1v) is 9.26. The van der Waals surface area contributed by atoms with Gasteiger partial charge in [-0.2, -0.15) is 0 Å². The first-order chi connectivity index (χ1) is 13.0. The molecule has 2 fully saturated rings. The number of fused-ring (bicyclic) bond motifs is 1. The normalized spacial score (nSPS) is 22.7. The molecule has 7 heteroatoms. The van der Waals surface area contributed by atoms with Crippen LogP contribution >= 0.6 is 0 Å². The summed E-state index contributed by atoms with van der Waals surface area (Å²) in [4.78, 5) is 33.1. The van der Waals surface area contributed by atoms with Crippen molar-refractivity contribution >= 4 is 11.8 Å². The van der Waals surface area contributed by atoms with Gasteiger partial charge in [0, 0.05) is 33.0 Å². The van der Waals surface area contributed by atoms with Gasteiger partial charge in [0.2, 0.25) is 5.91 Å². The molecule has 27 heavy (non-hydrogen) atoms. The zero-order valence-electron chi connectivity index (χ0n) is 15.2. The Hall–Kier alpha value is -2.70. The molecule has 2 atom stereocenters. The van der Waals surface area contributed by atoms with Crippen LogP contribution in [0.25, 0.3) is 0 Å². The number of halogens is 1. The molecule has 2 saturated heterocycles. The number of aromatic nitrogens is 1. The molecule has 2 unspecified atom stereocenters. The van der Waals surface area contributed by atoms with E-state index in [0.717, 1.165) is 18.4 Å². The Labute approximate surface area is 157 Å². The molecule has 0 radical (unpaired) electrons. The van der Waals surface area contributed by atoms with Gasteiger partial charge < -0.3 is 14.2 Å². The van der Waals surface area contributed by atoms with E-state index in [2.05, 4.69) is 4.98 Å². The molecule has 2 aromatic rings. The Kier molecular flexibility index (Phi) is 4.68. The van der Waals surface area contributed by atoms with E-state index in [9.17, 15) is 14.0 Å². The Balaban J connectivity index is 1.55. The highest BCUT2D eigenvalue weighted by atomic mass is 19.1. The number of hydrogen-bond acceptors (Lipinski definition) is 4. The molecule has 1 aromatic heterocycles. The van der Waals surface area contributed by atoms with Gasteiger partial charge >= 0.3 is 0 Å². The predicted octanol–water partition coefficient (Wildman–Crippen LogP) is 2.78. The van der Waals surface area contributed by atoms with Crippen molar-refractivity contribution in [3.05, 3.63) is 53.5 Å². The number of oxazole rings is 1. The second-order valence-corrected chi connectivity index (χ2v) is 7.33. The zero-order chi connectivity index (χ0) is 19.0. The molecule has 2 aliphatic rings. The first-order valence-electron chi connectivity index (χ1n) is 9.26. The second-order valence-electron chi connectivity index (χ2n) is 7.33. The van der Waals surface area contributed by atoms with E-state index in [1.165, 1.54) is 18.4 Å². The minimum absolute atomic E-state index is 0.0554. The Morgan fingerprint density at radius 2 is 2.22 bits per heavy atom. The van der Waals surface area contributed by atoms with Crippen LogP contribution in [0.5, 0.6) is 0 Å². The quantitative estimate of drug-likeness (QED) is 0.832. The molecule has 0 saturated carbocycles. The molecule has 0 spiro atoms. The average Bonchev–Trinajstić information content (AvgIpc) is 3.22. The highest BCUT2D eigenvalue weighted by Crippen LogP contribution is 2.32. The van der Waals surface area contributed by atoms with E-state index < -0.39 is 0 Å². The fraction of sp³-hybridized carbons (Fsp3) is 0.450. The molecular formula is C20H22FN3O3. The van der Waals surface area contributed by atoms with Crippen molar-refractivity contribution in [2.75, 3.05) is 13.1 Å². The minimum Gasteiger partial charge on any atom is -0.448 e. The molecule has 3 heterocycles. The van der Waals surface area contributed by atoms with E-state index in [1.807, 2.05) is 11.0 Å². The van der Waals surface area contributed by atoms with Crippen LogP contribution in [0.15, 0.2) is 34.9 Å². The van der Waals surface area contributed by atoms with Gasteiger partial charge in [-0.1, -0.05) is 12.1 Å². The van der Waals surface area contributed by atoms with Gasteiger partial charge in [-0.05, 0) is 36.5 Å². The van der Waals surface area contributed by atoms with Crippen molar-refractivity contribution in [1.29, 1.82) is 0 Å². The van der Waals surface area contributed by atoms with Gasteiger partial charge in [0.25, 0.3) is 5.91 Å². The monoisotopic (exact) mass is 371 g/mol. The van der Waals surface area contributed by atoms with Crippen LogP contribution in [0.2, 0.25) is 0 Å². The van der Waals surface area contributed by atoms with Gasteiger partial charge in [-0.25, -0.2) is 9.37 Å². The van der Waals surface area contributed by atoms with Crippen molar-refractivity contribution < 1.29 is 18.4 Å². The molecule has 142 valence electrons. The standard InChI is InChI=1S/C20H22FN3O3/c1-13-22-17(12-27-13)20(26)23-10-15-5-3-7-19(25)24(18(15)11-23)9-14-4-2-6-16(21)8-14/h2,4,6,8,12,15,18H,3,5,7,9-11H2,1H3. The summed E-state index contributed by atoms with van der Waals surface area (Å²) in [6, 6.07) is 6.28. The van der Waals surface area contributed by atoms with E-state index in [-0.39, 0.29) is 29.6 Å². The number of likely N-dealkylation sites (tertiary alicyclic amines) is 2. The lowest BCUT2D eigenvalue weighted by Gasteiger charge is -2.30. The molecule has 0 N–H and O–H groups in total. The number of nitrogens with zero attached hydrogens (tertiary/aromatic N) is 3. The number of benzene rings is 1. The van der Waals surface area contributed by atoms with Crippen LogP contribution in [-0.2, 0) is 11.3 Å². The van der Waals surface area contributed by atoms with Crippen LogP contribution in [0.3, 0.4) is 0 Å². The maximum Gasteiger partial charge on any atom is 0.275 e. The summed E-state index contributed by atoms with van der Waals surface area (Å²) in [6.07, 6.45) is 3.59. The average molecular weight is 371 g/mol. The molecule has 1 aromatic carbocycles. The summed E-state index contributed by atoms with van der Waals surface area (Å²) < 4.78 is 18.7. The van der Waals surface area contributed by atoms with Crippen LogP contribution in [-0.4, -0.2) is 45.7 Å². The summed E-state index contributed by atoms with van der Waals surface area (Å²) >= 11 is 0. The number of rotatable bonds is 3. The lowest BCUT2D eigenvalue weighted by molar-refractivity contribution is -0.133. The number of amides is 2. The Bertz CT molecular complexity index is 866. The fourth-order valence-corrected chi connectivity index (χ4v) is 4.16. The van der Waals surface area contributed by atoms with Crippen molar-refractivity contribution in [1.82, 2.24) is 14.8 Å². The van der Waals surface area contributed by atoms with E-state index >= 15 is 0 Å². The topological polar surface area (TPSA) is 66.7 Å². The summed E-state index contributed by atoms with van der Waals surface area (Å²) in [5.41, 5.74) is 1.06. The molecule has 6 nitrogen and oxygen atoms in total. The number of carbonyl (C=O) groups is 2. The van der Waals surface area contributed by atoms with Crippen molar-refractivity contribution in [3.63, 3.8) is 0 Å². The van der Waals surface area contributed by atoms with Gasteiger partial charge in [0.15, 0.2) is 11.6 Å². The van der Waals surface area contributed by atoms with Crippen molar-refractivity contribution in [2.24, 2.45) is 5.92 Å². The van der Waals surface area contributed by atoms with Crippen molar-refractivity contribution in [3.8, 4) is 0 Å². The van der Waals surface area contributed by atoms with E-state index in [4.69, 9.17) is 4.42 Å². The highest BCUT2D eigenvalue weighted by Gasteiger charge is 2.42. The first kappa shape index (κ1) is 17.7.